The summed E-state index contributed by atoms with van der Waals surface area (Å²) < 4.78 is 2.07. The van der Waals surface area contributed by atoms with E-state index >= 15 is 0 Å². The fraction of sp³-hybridized carbons (Fsp3) is 0.273. The maximum Gasteiger partial charge on any atom is 0.236 e. The van der Waals surface area contributed by atoms with Crippen LogP contribution in [0.1, 0.15) is 24.3 Å². The molecule has 4 rings (SSSR count). The van der Waals surface area contributed by atoms with Gasteiger partial charge in [-0.2, -0.15) is 0 Å². The second-order valence-corrected chi connectivity index (χ2v) is 10.3. The molecule has 0 radical (unpaired) electrons. The second-order valence-electron chi connectivity index (χ2n) is 6.97. The number of halogens is 1. The zero-order chi connectivity index (χ0) is 22.7. The van der Waals surface area contributed by atoms with Crippen molar-refractivity contribution in [1.29, 1.82) is 0 Å². The van der Waals surface area contributed by atoms with E-state index in [1.807, 2.05) is 29.6 Å². The number of aromatic nitrogens is 4. The van der Waals surface area contributed by atoms with Gasteiger partial charge in [0.15, 0.2) is 16.1 Å². The average molecular weight is 504 g/mol. The number of rotatable bonds is 8. The standard InChI is InChI=1S/C22H22ClN5OS3/c1-4-16-13(3)30-10-17(16)20-26-27-22(28(20)5-2)32-12-19(29)25-21-24-18(11-31-21)14-6-8-15(23)9-7-14/h6-11H,4-5,12H2,1-3H3,(H,24,25,29). The van der Waals surface area contributed by atoms with Crippen molar-refractivity contribution in [2.24, 2.45) is 0 Å². The van der Waals surface area contributed by atoms with Crippen LogP contribution in [0, 0.1) is 6.92 Å². The molecule has 0 saturated heterocycles. The Morgan fingerprint density at radius 1 is 1.16 bits per heavy atom. The first kappa shape index (κ1) is 23.0. The first-order valence-corrected chi connectivity index (χ1v) is 13.3. The van der Waals surface area contributed by atoms with Crippen molar-refractivity contribution >= 4 is 57.1 Å². The van der Waals surface area contributed by atoms with Gasteiger partial charge in [0, 0.05) is 38.3 Å². The van der Waals surface area contributed by atoms with Gasteiger partial charge in [-0.05, 0) is 38.0 Å². The molecule has 0 aliphatic rings. The molecule has 0 aliphatic carbocycles. The molecule has 32 heavy (non-hydrogen) atoms. The van der Waals surface area contributed by atoms with Gasteiger partial charge in [-0.3, -0.25) is 4.79 Å². The number of hydrogen-bond acceptors (Lipinski definition) is 7. The molecular formula is C22H22ClN5OS3. The van der Waals surface area contributed by atoms with Gasteiger partial charge in [-0.15, -0.1) is 32.9 Å². The normalized spacial score (nSPS) is 11.1. The quantitative estimate of drug-likeness (QED) is 0.281. The summed E-state index contributed by atoms with van der Waals surface area (Å²) in [5.41, 5.74) is 4.21. The molecule has 166 valence electrons. The number of thioether (sulfide) groups is 1. The fourth-order valence-electron chi connectivity index (χ4n) is 3.36. The number of carbonyl (C=O) groups excluding carboxylic acids is 1. The molecule has 4 aromatic rings. The van der Waals surface area contributed by atoms with Gasteiger partial charge in [0.2, 0.25) is 5.91 Å². The lowest BCUT2D eigenvalue weighted by atomic mass is 10.1. The van der Waals surface area contributed by atoms with Crippen LogP contribution in [-0.2, 0) is 17.8 Å². The van der Waals surface area contributed by atoms with Crippen molar-refractivity contribution in [2.45, 2.75) is 38.9 Å². The SMILES string of the molecule is CCc1c(-c2nnc(SCC(=O)Nc3nc(-c4ccc(Cl)cc4)cs3)n2CC)csc1C. The third-order valence-electron chi connectivity index (χ3n) is 4.95. The Morgan fingerprint density at radius 2 is 1.94 bits per heavy atom. The van der Waals surface area contributed by atoms with E-state index in [-0.39, 0.29) is 11.7 Å². The molecule has 1 aromatic carbocycles. The number of nitrogens with one attached hydrogen (secondary N) is 1. The average Bonchev–Trinajstić information content (AvgIpc) is 3.50. The molecule has 0 saturated carbocycles. The molecule has 6 nitrogen and oxygen atoms in total. The minimum Gasteiger partial charge on any atom is -0.302 e. The van der Waals surface area contributed by atoms with Crippen LogP contribution in [-0.4, -0.2) is 31.4 Å². The van der Waals surface area contributed by atoms with Gasteiger partial charge in [-0.1, -0.05) is 42.4 Å². The molecule has 1 amide bonds. The Morgan fingerprint density at radius 3 is 2.66 bits per heavy atom. The van der Waals surface area contributed by atoms with Crippen molar-refractivity contribution in [3.8, 4) is 22.6 Å². The van der Waals surface area contributed by atoms with Crippen LogP contribution in [0.25, 0.3) is 22.6 Å². The zero-order valence-electron chi connectivity index (χ0n) is 17.9. The Labute approximate surface area is 204 Å². The van der Waals surface area contributed by atoms with Gasteiger partial charge in [-0.25, -0.2) is 4.98 Å². The number of thiazole rings is 1. The van der Waals surface area contributed by atoms with Crippen LogP contribution < -0.4 is 5.32 Å². The van der Waals surface area contributed by atoms with E-state index in [2.05, 4.69) is 51.2 Å². The van der Waals surface area contributed by atoms with E-state index < -0.39 is 0 Å². The fourth-order valence-corrected chi connectivity index (χ4v) is 5.96. The number of benzene rings is 1. The number of amides is 1. The second kappa shape index (κ2) is 10.2. The summed E-state index contributed by atoms with van der Waals surface area (Å²) in [4.78, 5) is 18.3. The first-order chi connectivity index (χ1) is 15.5. The van der Waals surface area contributed by atoms with E-state index in [0.29, 0.717) is 10.2 Å². The molecule has 0 aliphatic heterocycles. The number of aryl methyl sites for hydroxylation is 1. The maximum absolute atomic E-state index is 12.5. The smallest absolute Gasteiger partial charge is 0.236 e. The lowest BCUT2D eigenvalue weighted by Gasteiger charge is -2.08. The first-order valence-electron chi connectivity index (χ1n) is 10.1. The van der Waals surface area contributed by atoms with Crippen LogP contribution in [0.4, 0.5) is 5.13 Å². The van der Waals surface area contributed by atoms with Crippen LogP contribution in [0.2, 0.25) is 5.02 Å². The Balaban J connectivity index is 1.41. The van der Waals surface area contributed by atoms with Crippen LogP contribution in [0.3, 0.4) is 0 Å². The Kier molecular flexibility index (Phi) is 7.30. The summed E-state index contributed by atoms with van der Waals surface area (Å²) in [6.07, 6.45) is 0.956. The molecule has 0 unspecified atom stereocenters. The summed E-state index contributed by atoms with van der Waals surface area (Å²) in [5.74, 6) is 0.973. The summed E-state index contributed by atoms with van der Waals surface area (Å²) in [7, 11) is 0. The number of carbonyl (C=O) groups is 1. The highest BCUT2D eigenvalue weighted by Gasteiger charge is 2.19. The number of anilines is 1. The summed E-state index contributed by atoms with van der Waals surface area (Å²) in [6.45, 7) is 7.09. The zero-order valence-corrected chi connectivity index (χ0v) is 21.1. The highest BCUT2D eigenvalue weighted by atomic mass is 35.5. The largest absolute Gasteiger partial charge is 0.302 e. The Hall–Kier alpha value is -2.20. The molecule has 0 spiro atoms. The van der Waals surface area contributed by atoms with Gasteiger partial charge >= 0.3 is 0 Å². The summed E-state index contributed by atoms with van der Waals surface area (Å²) >= 11 is 10.5. The van der Waals surface area contributed by atoms with E-state index in [4.69, 9.17) is 11.6 Å². The van der Waals surface area contributed by atoms with E-state index in [9.17, 15) is 4.79 Å². The molecule has 0 fully saturated rings. The highest BCUT2D eigenvalue weighted by Crippen LogP contribution is 2.33. The molecular weight excluding hydrogens is 482 g/mol. The molecule has 1 N–H and O–H groups in total. The predicted octanol–water partition coefficient (Wildman–Crippen LogP) is 6.41. The number of hydrogen-bond donors (Lipinski definition) is 1. The number of thiophene rings is 1. The summed E-state index contributed by atoms with van der Waals surface area (Å²) in [5, 5.41) is 17.7. The van der Waals surface area contributed by atoms with Crippen LogP contribution in [0.5, 0.6) is 0 Å². The Bertz CT molecular complexity index is 1230. The van der Waals surface area contributed by atoms with E-state index in [0.717, 1.165) is 40.8 Å². The van der Waals surface area contributed by atoms with E-state index in [1.165, 1.54) is 33.5 Å². The molecule has 10 heteroatoms. The minimum absolute atomic E-state index is 0.125. The monoisotopic (exact) mass is 503 g/mol. The lowest BCUT2D eigenvalue weighted by Crippen LogP contribution is -2.14. The lowest BCUT2D eigenvalue weighted by molar-refractivity contribution is -0.113. The third kappa shape index (κ3) is 4.91. The molecule has 0 bridgehead atoms. The van der Waals surface area contributed by atoms with Gasteiger partial charge in [0.05, 0.1) is 11.4 Å². The predicted molar refractivity (Wildman–Crippen MR) is 135 cm³/mol. The van der Waals surface area contributed by atoms with Crippen molar-refractivity contribution in [1.82, 2.24) is 19.7 Å². The van der Waals surface area contributed by atoms with Crippen molar-refractivity contribution in [3.05, 3.63) is 50.5 Å². The number of nitrogens with zero attached hydrogens (tertiary/aromatic N) is 4. The topological polar surface area (TPSA) is 72.7 Å². The third-order valence-corrected chi connectivity index (χ3v) is 7.88. The van der Waals surface area contributed by atoms with Crippen LogP contribution in [0.15, 0.2) is 40.2 Å². The van der Waals surface area contributed by atoms with Crippen molar-refractivity contribution in [3.63, 3.8) is 0 Å². The highest BCUT2D eigenvalue weighted by molar-refractivity contribution is 7.99. The van der Waals surface area contributed by atoms with Gasteiger partial charge < -0.3 is 9.88 Å². The van der Waals surface area contributed by atoms with Gasteiger partial charge in [0.1, 0.15) is 0 Å². The van der Waals surface area contributed by atoms with Crippen molar-refractivity contribution < 1.29 is 4.79 Å². The summed E-state index contributed by atoms with van der Waals surface area (Å²) in [6, 6.07) is 7.47. The van der Waals surface area contributed by atoms with Crippen molar-refractivity contribution in [2.75, 3.05) is 11.1 Å². The molecule has 3 heterocycles. The molecule has 0 atom stereocenters. The maximum atomic E-state index is 12.5. The van der Waals surface area contributed by atoms with E-state index in [1.54, 1.807) is 11.3 Å². The minimum atomic E-state index is -0.125. The van der Waals surface area contributed by atoms with Gasteiger partial charge in [0.25, 0.3) is 0 Å². The van der Waals surface area contributed by atoms with Crippen LogP contribution >= 0.6 is 46.0 Å². The molecule has 3 aromatic heterocycles.